The maximum Gasteiger partial charge on any atom is 0.293 e. The summed E-state index contributed by atoms with van der Waals surface area (Å²) in [6.07, 6.45) is 7.26. The van der Waals surface area contributed by atoms with Crippen molar-refractivity contribution in [2.24, 2.45) is 0 Å². The highest BCUT2D eigenvalue weighted by Gasteiger charge is 2.34. The molecule has 0 spiro atoms. The van der Waals surface area contributed by atoms with E-state index in [-0.39, 0.29) is 11.9 Å². The van der Waals surface area contributed by atoms with Gasteiger partial charge in [0.2, 0.25) is 5.76 Å². The Morgan fingerprint density at radius 3 is 3.00 bits per heavy atom. The molecule has 2 aliphatic rings. The van der Waals surface area contributed by atoms with E-state index in [4.69, 9.17) is 4.52 Å². The fourth-order valence-corrected chi connectivity index (χ4v) is 4.59. The van der Waals surface area contributed by atoms with Gasteiger partial charge in [0, 0.05) is 23.2 Å². The number of hydrogen-bond acceptors (Lipinski definition) is 5. The van der Waals surface area contributed by atoms with Gasteiger partial charge in [-0.05, 0) is 51.9 Å². The molecule has 1 aliphatic carbocycles. The lowest BCUT2D eigenvalue weighted by Crippen LogP contribution is -2.38. The summed E-state index contributed by atoms with van der Waals surface area (Å²) in [5.41, 5.74) is 3.05. The maximum absolute atomic E-state index is 13.1. The molecule has 2 aromatic rings. The number of nitrogens with zero attached hydrogens (tertiary/aromatic N) is 3. The molecule has 5 nitrogen and oxygen atoms in total. The Morgan fingerprint density at radius 1 is 1.30 bits per heavy atom. The summed E-state index contributed by atoms with van der Waals surface area (Å²) in [6, 6.07) is 0.0827. The van der Waals surface area contributed by atoms with Crippen molar-refractivity contribution in [2.75, 3.05) is 6.54 Å². The zero-order valence-electron chi connectivity index (χ0n) is 13.4. The van der Waals surface area contributed by atoms with Gasteiger partial charge >= 0.3 is 0 Å². The van der Waals surface area contributed by atoms with Crippen molar-refractivity contribution in [2.45, 2.75) is 57.9 Å². The smallest absolute Gasteiger partial charge is 0.293 e. The van der Waals surface area contributed by atoms with Crippen LogP contribution in [0, 0.1) is 6.92 Å². The second-order valence-corrected chi connectivity index (χ2v) is 7.37. The number of carbonyl (C=O) groups excluding carboxylic acids is 1. The van der Waals surface area contributed by atoms with Crippen molar-refractivity contribution >= 4 is 17.2 Å². The number of likely N-dealkylation sites (tertiary alicyclic amines) is 1. The number of thiazole rings is 1. The summed E-state index contributed by atoms with van der Waals surface area (Å²) >= 11 is 1.65. The second kappa shape index (κ2) is 6.07. The van der Waals surface area contributed by atoms with Crippen molar-refractivity contribution in [3.05, 3.63) is 33.1 Å². The summed E-state index contributed by atoms with van der Waals surface area (Å²) in [5, 5.41) is 7.24. The lowest BCUT2D eigenvalue weighted by atomic mass is 9.95. The molecule has 4 rings (SSSR count). The molecule has 0 radical (unpaired) electrons. The van der Waals surface area contributed by atoms with Crippen LogP contribution in [0.3, 0.4) is 0 Å². The van der Waals surface area contributed by atoms with Gasteiger partial charge in [-0.25, -0.2) is 4.98 Å². The van der Waals surface area contributed by atoms with Gasteiger partial charge in [0.05, 0.1) is 11.7 Å². The first kappa shape index (κ1) is 14.9. The number of amides is 1. The average molecular weight is 331 g/mol. The van der Waals surface area contributed by atoms with Gasteiger partial charge in [-0.15, -0.1) is 11.3 Å². The van der Waals surface area contributed by atoms with Gasteiger partial charge in [0.15, 0.2) is 0 Å². The van der Waals surface area contributed by atoms with Gasteiger partial charge in [-0.2, -0.15) is 0 Å². The van der Waals surface area contributed by atoms with Crippen molar-refractivity contribution in [3.63, 3.8) is 0 Å². The lowest BCUT2D eigenvalue weighted by molar-refractivity contribution is 0.0567. The quantitative estimate of drug-likeness (QED) is 0.842. The van der Waals surface area contributed by atoms with Gasteiger partial charge in [0.25, 0.3) is 5.91 Å². The number of hydrogen-bond donors (Lipinski definition) is 0. The summed E-state index contributed by atoms with van der Waals surface area (Å²) < 4.78 is 5.46. The highest BCUT2D eigenvalue weighted by molar-refractivity contribution is 7.09. The molecule has 1 fully saturated rings. The Morgan fingerprint density at radius 2 is 2.17 bits per heavy atom. The first-order valence-corrected chi connectivity index (χ1v) is 9.32. The molecule has 0 aromatic carbocycles. The Labute approximate surface area is 139 Å². The molecule has 23 heavy (non-hydrogen) atoms. The highest BCUT2D eigenvalue weighted by Crippen LogP contribution is 2.35. The van der Waals surface area contributed by atoms with E-state index < -0.39 is 0 Å². The van der Waals surface area contributed by atoms with Crippen LogP contribution in [0.25, 0.3) is 0 Å². The van der Waals surface area contributed by atoms with E-state index in [9.17, 15) is 4.79 Å². The fraction of sp³-hybridized carbons (Fsp3) is 0.588. The predicted molar refractivity (Wildman–Crippen MR) is 87.6 cm³/mol. The highest BCUT2D eigenvalue weighted by atomic mass is 32.1. The monoisotopic (exact) mass is 331 g/mol. The maximum atomic E-state index is 13.1. The van der Waals surface area contributed by atoms with E-state index in [1.54, 1.807) is 11.3 Å². The summed E-state index contributed by atoms with van der Waals surface area (Å²) in [4.78, 5) is 19.7. The minimum Gasteiger partial charge on any atom is -0.350 e. The number of aryl methyl sites for hydroxylation is 2. The third-order valence-corrected chi connectivity index (χ3v) is 5.90. The molecular weight excluding hydrogens is 310 g/mol. The van der Waals surface area contributed by atoms with Crippen LogP contribution < -0.4 is 0 Å². The number of piperidine rings is 1. The van der Waals surface area contributed by atoms with E-state index in [1.165, 1.54) is 0 Å². The predicted octanol–water partition coefficient (Wildman–Crippen LogP) is 3.69. The molecule has 0 N–H and O–H groups in total. The van der Waals surface area contributed by atoms with Crippen LogP contribution in [-0.4, -0.2) is 27.5 Å². The van der Waals surface area contributed by atoms with E-state index in [0.29, 0.717) is 5.76 Å². The van der Waals surface area contributed by atoms with Gasteiger partial charge < -0.3 is 9.42 Å². The Kier molecular flexibility index (Phi) is 3.93. The van der Waals surface area contributed by atoms with Crippen LogP contribution in [-0.2, 0) is 12.8 Å². The van der Waals surface area contributed by atoms with Crippen molar-refractivity contribution < 1.29 is 9.32 Å². The van der Waals surface area contributed by atoms with E-state index in [1.807, 2.05) is 11.8 Å². The van der Waals surface area contributed by atoms with Crippen molar-refractivity contribution in [1.82, 2.24) is 15.0 Å². The van der Waals surface area contributed by atoms with E-state index in [0.717, 1.165) is 73.4 Å². The Balaban J connectivity index is 1.64. The van der Waals surface area contributed by atoms with Gasteiger partial charge in [0.1, 0.15) is 5.01 Å². The molecule has 122 valence electrons. The molecule has 0 bridgehead atoms. The number of carbonyl (C=O) groups is 1. The van der Waals surface area contributed by atoms with Crippen LogP contribution in [0.1, 0.15) is 70.7 Å². The normalized spacial score (nSPS) is 21.3. The average Bonchev–Trinajstić information content (AvgIpc) is 3.20. The molecular formula is C17H21N3O2S. The molecule has 0 saturated carbocycles. The minimum absolute atomic E-state index is 0.00166. The first-order valence-electron chi connectivity index (χ1n) is 8.44. The van der Waals surface area contributed by atoms with Gasteiger partial charge in [-0.3, -0.25) is 4.79 Å². The third-order valence-electron chi connectivity index (χ3n) is 4.84. The molecule has 1 saturated heterocycles. The third kappa shape index (κ3) is 2.69. The SMILES string of the molecule is Cc1csc(C2CCCCN2C(=O)c2onc3c2CCCC3)n1. The number of aromatic nitrogens is 2. The summed E-state index contributed by atoms with van der Waals surface area (Å²) in [6.45, 7) is 2.78. The topological polar surface area (TPSA) is 59.2 Å². The molecule has 3 heterocycles. The standard InChI is InChI=1S/C17H21N3O2S/c1-11-10-23-16(18-11)14-8-4-5-9-20(14)17(21)15-12-6-2-3-7-13(12)19-22-15/h10,14H,2-9H2,1H3. The molecule has 1 unspecified atom stereocenters. The molecule has 6 heteroatoms. The summed E-state index contributed by atoms with van der Waals surface area (Å²) in [5.74, 6) is 0.470. The number of rotatable bonds is 2. The molecule has 1 atom stereocenters. The molecule has 1 amide bonds. The van der Waals surface area contributed by atoms with Crippen molar-refractivity contribution in [3.8, 4) is 0 Å². The van der Waals surface area contributed by atoms with Crippen LogP contribution in [0.2, 0.25) is 0 Å². The largest absolute Gasteiger partial charge is 0.350 e. The minimum atomic E-state index is -0.00166. The Hall–Kier alpha value is -1.69. The second-order valence-electron chi connectivity index (χ2n) is 6.48. The van der Waals surface area contributed by atoms with Crippen LogP contribution in [0.15, 0.2) is 9.90 Å². The molecule has 2 aromatic heterocycles. The van der Waals surface area contributed by atoms with Crippen molar-refractivity contribution in [1.29, 1.82) is 0 Å². The first-order chi connectivity index (χ1) is 11.2. The zero-order chi connectivity index (χ0) is 15.8. The van der Waals surface area contributed by atoms with Crippen LogP contribution in [0.4, 0.5) is 0 Å². The molecule has 1 aliphatic heterocycles. The fourth-order valence-electron chi connectivity index (χ4n) is 3.65. The van der Waals surface area contributed by atoms with Crippen LogP contribution in [0.5, 0.6) is 0 Å². The van der Waals surface area contributed by atoms with Crippen LogP contribution >= 0.6 is 11.3 Å². The zero-order valence-corrected chi connectivity index (χ0v) is 14.2. The van der Waals surface area contributed by atoms with E-state index >= 15 is 0 Å². The Bertz CT molecular complexity index is 721. The summed E-state index contributed by atoms with van der Waals surface area (Å²) in [7, 11) is 0. The lowest BCUT2D eigenvalue weighted by Gasteiger charge is -2.34. The van der Waals surface area contributed by atoms with E-state index in [2.05, 4.69) is 15.5 Å². The number of fused-ring (bicyclic) bond motifs is 1. The van der Waals surface area contributed by atoms with Gasteiger partial charge in [-0.1, -0.05) is 5.16 Å².